The fourth-order valence-electron chi connectivity index (χ4n) is 3.53. The normalized spacial score (nSPS) is 16.1. The molecule has 4 rings (SSSR count). The van der Waals surface area contributed by atoms with E-state index in [9.17, 15) is 4.79 Å². The number of carbonyl (C=O) groups excluding carboxylic acids is 1. The standard InChI is InChI=1S/C21H23N5O/c1-14-4-7-21(22-11-14)24-19-8-9-26(16(3)27)20-6-5-17(10-18(19)20)25-12-15(2)23-13-25/h4-7,10-13,19H,8-9H2,1-3H3,(H,22,24)/t19-/m1/s1. The first-order valence-corrected chi connectivity index (χ1v) is 9.13. The van der Waals surface area contributed by atoms with Gasteiger partial charge < -0.3 is 14.8 Å². The quantitative estimate of drug-likeness (QED) is 0.771. The average molecular weight is 361 g/mol. The summed E-state index contributed by atoms with van der Waals surface area (Å²) in [5.41, 5.74) is 5.19. The fourth-order valence-corrected chi connectivity index (χ4v) is 3.53. The van der Waals surface area contributed by atoms with Crippen LogP contribution in [0.25, 0.3) is 5.69 Å². The third-order valence-electron chi connectivity index (χ3n) is 4.94. The van der Waals surface area contributed by atoms with Gasteiger partial charge in [-0.15, -0.1) is 0 Å². The Balaban J connectivity index is 1.73. The van der Waals surface area contributed by atoms with Gasteiger partial charge in [-0.25, -0.2) is 9.97 Å². The zero-order chi connectivity index (χ0) is 19.0. The Kier molecular flexibility index (Phi) is 4.39. The lowest BCUT2D eigenvalue weighted by molar-refractivity contribution is -0.116. The number of rotatable bonds is 3. The molecule has 0 fully saturated rings. The van der Waals surface area contributed by atoms with Gasteiger partial charge in [0, 0.05) is 42.8 Å². The number of aryl methyl sites for hydroxylation is 2. The summed E-state index contributed by atoms with van der Waals surface area (Å²) >= 11 is 0. The van der Waals surface area contributed by atoms with Crippen molar-refractivity contribution in [2.45, 2.75) is 33.2 Å². The summed E-state index contributed by atoms with van der Waals surface area (Å²) in [6.07, 6.45) is 6.50. The highest BCUT2D eigenvalue weighted by molar-refractivity contribution is 5.93. The minimum absolute atomic E-state index is 0.0642. The summed E-state index contributed by atoms with van der Waals surface area (Å²) in [6, 6.07) is 10.3. The van der Waals surface area contributed by atoms with Crippen LogP contribution in [0.5, 0.6) is 0 Å². The van der Waals surface area contributed by atoms with Crippen LogP contribution in [-0.2, 0) is 4.79 Å². The molecule has 1 amide bonds. The molecule has 1 atom stereocenters. The second-order valence-electron chi connectivity index (χ2n) is 7.04. The van der Waals surface area contributed by atoms with Crippen molar-refractivity contribution in [3.63, 3.8) is 0 Å². The first-order chi connectivity index (χ1) is 13.0. The Morgan fingerprint density at radius 3 is 2.70 bits per heavy atom. The number of hydrogen-bond acceptors (Lipinski definition) is 4. The van der Waals surface area contributed by atoms with Crippen LogP contribution in [0.2, 0.25) is 0 Å². The molecule has 6 nitrogen and oxygen atoms in total. The van der Waals surface area contributed by atoms with Crippen molar-refractivity contribution in [2.75, 3.05) is 16.8 Å². The van der Waals surface area contributed by atoms with Crippen molar-refractivity contribution >= 4 is 17.4 Å². The number of carbonyl (C=O) groups is 1. The smallest absolute Gasteiger partial charge is 0.223 e. The van der Waals surface area contributed by atoms with Crippen molar-refractivity contribution in [1.29, 1.82) is 0 Å². The number of aromatic nitrogens is 3. The van der Waals surface area contributed by atoms with E-state index >= 15 is 0 Å². The highest BCUT2D eigenvalue weighted by Gasteiger charge is 2.28. The fraction of sp³-hybridized carbons (Fsp3) is 0.286. The van der Waals surface area contributed by atoms with Gasteiger partial charge in [0.2, 0.25) is 5.91 Å². The van der Waals surface area contributed by atoms with Crippen molar-refractivity contribution in [3.05, 3.63) is 65.9 Å². The van der Waals surface area contributed by atoms with Crippen LogP contribution < -0.4 is 10.2 Å². The highest BCUT2D eigenvalue weighted by atomic mass is 16.2. The van der Waals surface area contributed by atoms with E-state index in [0.717, 1.165) is 40.4 Å². The maximum Gasteiger partial charge on any atom is 0.223 e. The van der Waals surface area contributed by atoms with Crippen molar-refractivity contribution in [2.24, 2.45) is 0 Å². The molecule has 0 saturated carbocycles. The van der Waals surface area contributed by atoms with Crippen LogP contribution in [0.3, 0.4) is 0 Å². The van der Waals surface area contributed by atoms with Gasteiger partial charge in [0.1, 0.15) is 5.82 Å². The molecule has 1 aromatic carbocycles. The summed E-state index contributed by atoms with van der Waals surface area (Å²) in [6.45, 7) is 6.30. The van der Waals surface area contributed by atoms with Crippen LogP contribution in [-0.4, -0.2) is 27.0 Å². The van der Waals surface area contributed by atoms with E-state index in [2.05, 4.69) is 21.4 Å². The first kappa shape index (κ1) is 17.3. The lowest BCUT2D eigenvalue weighted by Gasteiger charge is -2.34. The molecule has 1 aliphatic heterocycles. The number of fused-ring (bicyclic) bond motifs is 1. The molecule has 138 valence electrons. The van der Waals surface area contributed by atoms with Gasteiger partial charge in [0.05, 0.1) is 18.1 Å². The maximum atomic E-state index is 12.1. The van der Waals surface area contributed by atoms with E-state index in [1.165, 1.54) is 0 Å². The number of nitrogens with one attached hydrogen (secondary N) is 1. The molecule has 27 heavy (non-hydrogen) atoms. The van der Waals surface area contributed by atoms with E-state index in [4.69, 9.17) is 0 Å². The Labute approximate surface area is 158 Å². The predicted molar refractivity (Wildman–Crippen MR) is 106 cm³/mol. The molecule has 2 aromatic heterocycles. The third-order valence-corrected chi connectivity index (χ3v) is 4.94. The number of amides is 1. The molecule has 0 spiro atoms. The van der Waals surface area contributed by atoms with Gasteiger partial charge in [0.15, 0.2) is 0 Å². The molecule has 3 heterocycles. The molecule has 3 aromatic rings. The summed E-state index contributed by atoms with van der Waals surface area (Å²) < 4.78 is 2.00. The molecule has 6 heteroatoms. The number of hydrogen-bond donors (Lipinski definition) is 1. The number of benzene rings is 1. The summed E-state index contributed by atoms with van der Waals surface area (Å²) in [4.78, 5) is 22.7. The Morgan fingerprint density at radius 2 is 2.04 bits per heavy atom. The van der Waals surface area contributed by atoms with Gasteiger partial charge >= 0.3 is 0 Å². The first-order valence-electron chi connectivity index (χ1n) is 9.13. The molecule has 0 bridgehead atoms. The second kappa shape index (κ2) is 6.87. The van der Waals surface area contributed by atoms with Crippen LogP contribution in [0.1, 0.15) is 36.2 Å². The molecule has 0 aliphatic carbocycles. The van der Waals surface area contributed by atoms with Crippen LogP contribution in [0.15, 0.2) is 49.1 Å². The molecule has 0 unspecified atom stereocenters. The molecule has 1 N–H and O–H groups in total. The molecule has 0 saturated heterocycles. The molecule has 0 radical (unpaired) electrons. The topological polar surface area (TPSA) is 63.1 Å². The Bertz CT molecular complexity index is 976. The zero-order valence-electron chi connectivity index (χ0n) is 15.8. The zero-order valence-corrected chi connectivity index (χ0v) is 15.8. The van der Waals surface area contributed by atoms with Gasteiger partial charge in [-0.1, -0.05) is 6.07 Å². The molecular weight excluding hydrogens is 338 g/mol. The maximum absolute atomic E-state index is 12.1. The van der Waals surface area contributed by atoms with Gasteiger partial charge in [-0.3, -0.25) is 4.79 Å². The summed E-state index contributed by atoms with van der Waals surface area (Å²) in [5, 5.41) is 3.53. The highest BCUT2D eigenvalue weighted by Crippen LogP contribution is 2.37. The van der Waals surface area contributed by atoms with Gasteiger partial charge in [0.25, 0.3) is 0 Å². The minimum Gasteiger partial charge on any atom is -0.363 e. The monoisotopic (exact) mass is 361 g/mol. The van der Waals surface area contributed by atoms with Crippen LogP contribution in [0.4, 0.5) is 11.5 Å². The Morgan fingerprint density at radius 1 is 1.19 bits per heavy atom. The van der Waals surface area contributed by atoms with E-state index in [0.29, 0.717) is 6.54 Å². The lowest BCUT2D eigenvalue weighted by Crippen LogP contribution is -2.36. The van der Waals surface area contributed by atoms with E-state index in [-0.39, 0.29) is 11.9 Å². The molecular formula is C21H23N5O. The number of pyridine rings is 1. The molecule has 1 aliphatic rings. The van der Waals surface area contributed by atoms with Gasteiger partial charge in [-0.05, 0) is 50.1 Å². The minimum atomic E-state index is 0.0642. The van der Waals surface area contributed by atoms with E-state index < -0.39 is 0 Å². The average Bonchev–Trinajstić information content (AvgIpc) is 3.09. The summed E-state index contributed by atoms with van der Waals surface area (Å²) in [7, 11) is 0. The number of anilines is 2. The van der Waals surface area contributed by atoms with E-state index in [1.807, 2.05) is 66.3 Å². The largest absolute Gasteiger partial charge is 0.363 e. The van der Waals surface area contributed by atoms with Crippen molar-refractivity contribution in [1.82, 2.24) is 14.5 Å². The number of imidazole rings is 1. The number of nitrogens with zero attached hydrogens (tertiary/aromatic N) is 4. The summed E-state index contributed by atoms with van der Waals surface area (Å²) in [5.74, 6) is 0.908. The Hall–Kier alpha value is -3.15. The van der Waals surface area contributed by atoms with Crippen LogP contribution >= 0.6 is 0 Å². The van der Waals surface area contributed by atoms with E-state index in [1.54, 1.807) is 6.92 Å². The van der Waals surface area contributed by atoms with Crippen LogP contribution in [0, 0.1) is 13.8 Å². The lowest BCUT2D eigenvalue weighted by atomic mass is 9.95. The second-order valence-corrected chi connectivity index (χ2v) is 7.04. The third kappa shape index (κ3) is 3.43. The van der Waals surface area contributed by atoms with Crippen molar-refractivity contribution in [3.8, 4) is 5.69 Å². The van der Waals surface area contributed by atoms with Crippen molar-refractivity contribution < 1.29 is 4.79 Å². The van der Waals surface area contributed by atoms with Gasteiger partial charge in [-0.2, -0.15) is 0 Å². The SMILES string of the molecule is CC(=O)N1CC[C@@H](Nc2ccc(C)cn2)c2cc(-n3cnc(C)c3)ccc21. The predicted octanol–water partition coefficient (Wildman–Crippen LogP) is 3.79.